The minimum atomic E-state index is -4.45. The standard InChI is InChI=1S/C74H92N13O15PS/c1-46(2)62(81-59(88)19-7-6-10-31-85-60(89)26-27-61(85)90)66(93)87(56(64(75)91)17-12-29-77-68(76)96)50-22-20-48(21-23-50)38-101-70(97)83(30-13-35-103(98,99)100)33-34-102-74-42-71(4)39-72(5,43-74)41-73(40-71,44-74)45-86-47(3)53(36-78-86)51-24-25-58(80-63(51)67(94)95)84-32-28-49-14-11-15-52(54(49)37-84)65(92)82-69-79-55-16-8-9-18-57(55)104-69/h8-9,11,14-16,18,20-27,36,46,56,62H,6-7,10,12-13,17,19,28-35,37-45H2,1-5H3,(H2,75,91)(H,81,88)(H,94,95)(H3,76,77,96)(H,79,82,92)(H2,98,99,100)/t56-,62-,71?,72?,73?,74?/m0/s1. The molecule has 104 heavy (non-hydrogen) atoms. The average molecular weight is 1470 g/mol. The summed E-state index contributed by atoms with van der Waals surface area (Å²) in [6.07, 6.45) is 10.1. The second-order valence-corrected chi connectivity index (χ2v) is 32.5. The smallest absolute Gasteiger partial charge is 0.410 e. The molecule has 554 valence electrons. The number of nitrogens with two attached hydrogens (primary N) is 2. The predicted octanol–water partition coefficient (Wildman–Crippen LogP) is 8.98. The number of unbranched alkanes of at least 4 members (excludes halogenated alkanes) is 2. The van der Waals surface area contributed by atoms with Gasteiger partial charge in [-0.15, -0.1) is 0 Å². The van der Waals surface area contributed by atoms with Crippen LogP contribution in [0.1, 0.15) is 154 Å². The molecule has 4 atom stereocenters. The van der Waals surface area contributed by atoms with Crippen LogP contribution >= 0.6 is 18.9 Å². The number of carbonyl (C=O) groups excluding carboxylic acids is 8. The highest BCUT2D eigenvalue weighted by atomic mass is 32.1. The number of aromatic carboxylic acids is 1. The second kappa shape index (κ2) is 31.5. The quantitative estimate of drug-likeness (QED) is 0.0108. The molecular weight excluding hydrogens is 1370 g/mol. The van der Waals surface area contributed by atoms with Crippen molar-refractivity contribution in [1.29, 1.82) is 0 Å². The van der Waals surface area contributed by atoms with Crippen molar-refractivity contribution in [3.05, 3.63) is 131 Å². The van der Waals surface area contributed by atoms with Crippen LogP contribution in [0.5, 0.6) is 0 Å². The number of carboxylic acid groups (broad SMARTS) is 1. The van der Waals surface area contributed by atoms with Crippen LogP contribution in [0, 0.1) is 29.1 Å². The molecule has 3 aromatic carbocycles. The number of hydrogen-bond acceptors (Lipinski definition) is 17. The van der Waals surface area contributed by atoms with Crippen LogP contribution in [-0.2, 0) is 64.1 Å². The molecule has 2 unspecified atom stereocenters. The topological polar surface area (TPSA) is 395 Å². The number of carboxylic acids is 1. The van der Waals surface area contributed by atoms with Crippen LogP contribution < -0.4 is 37.2 Å². The first-order valence-electron chi connectivity index (χ1n) is 35.4. The fourth-order valence-corrected chi connectivity index (χ4v) is 18.6. The number of urea groups is 1. The number of nitrogens with one attached hydrogen (secondary N) is 3. The van der Waals surface area contributed by atoms with Crippen LogP contribution in [0.2, 0.25) is 0 Å². The Balaban J connectivity index is 0.743. The SMILES string of the molecule is Cc1c(-c2ccc(N3CCc4cccc(C(=O)Nc5nc6ccccc6s5)c4C3)nc2C(=O)O)cnn1CC12CC3(C)CC(C)(C1)CC(OCCN(CCCP(=O)(O)O)C(=O)OCc1ccc(N(C(=O)[C@@H](NC(=O)CCCCCN4C(=O)C=CC4=O)C(C)C)[C@@H](CCCNC(N)=O)C(N)=O)cc1)(C3)C2. The largest absolute Gasteiger partial charge is 0.476 e. The Kier molecular flexibility index (Phi) is 22.9. The predicted molar refractivity (Wildman–Crippen MR) is 389 cm³/mol. The van der Waals surface area contributed by atoms with E-state index in [-0.39, 0.29) is 98.6 Å². The molecule has 6 aromatic rings. The molecule has 3 aromatic heterocycles. The summed E-state index contributed by atoms with van der Waals surface area (Å²) in [4.78, 5) is 153. The maximum absolute atomic E-state index is 14.8. The van der Waals surface area contributed by atoms with Gasteiger partial charge < -0.3 is 56.3 Å². The van der Waals surface area contributed by atoms with Gasteiger partial charge in [-0.05, 0) is 165 Å². The van der Waals surface area contributed by atoms with E-state index in [1.165, 1.54) is 33.3 Å². The van der Waals surface area contributed by atoms with Gasteiger partial charge >= 0.3 is 25.7 Å². The van der Waals surface area contributed by atoms with Gasteiger partial charge in [-0.25, -0.2) is 24.4 Å². The zero-order valence-corrected chi connectivity index (χ0v) is 61.0. The fraction of sp³-hybridized carbons (Fsp3) is 0.486. The van der Waals surface area contributed by atoms with Gasteiger partial charge in [0.25, 0.3) is 23.6 Å². The van der Waals surface area contributed by atoms with Gasteiger partial charge in [-0.3, -0.25) is 53.1 Å². The first kappa shape index (κ1) is 75.7. The number of rotatable bonds is 33. The van der Waals surface area contributed by atoms with E-state index in [1.807, 2.05) is 59.0 Å². The lowest BCUT2D eigenvalue weighted by Gasteiger charge is -2.69. The minimum absolute atomic E-state index is 0.00259. The Labute approximate surface area is 606 Å². The molecule has 4 aliphatic carbocycles. The molecule has 9 amide bonds. The van der Waals surface area contributed by atoms with Gasteiger partial charge in [-0.1, -0.05) is 81.9 Å². The van der Waals surface area contributed by atoms with Crippen molar-refractivity contribution in [3.8, 4) is 11.1 Å². The van der Waals surface area contributed by atoms with Crippen molar-refractivity contribution in [2.45, 2.75) is 162 Å². The van der Waals surface area contributed by atoms with E-state index in [0.717, 1.165) is 64.0 Å². The fourth-order valence-electron chi connectivity index (χ4n) is 17.2. The summed E-state index contributed by atoms with van der Waals surface area (Å²) < 4.78 is 28.0. The molecule has 4 fully saturated rings. The molecule has 4 saturated carbocycles. The van der Waals surface area contributed by atoms with Crippen molar-refractivity contribution in [1.82, 2.24) is 40.2 Å². The van der Waals surface area contributed by atoms with Crippen LogP contribution in [0.15, 0.2) is 97.2 Å². The molecule has 28 nitrogen and oxygen atoms in total. The van der Waals surface area contributed by atoms with E-state index in [9.17, 15) is 62.6 Å². The van der Waals surface area contributed by atoms with Crippen molar-refractivity contribution < 1.29 is 72.1 Å². The van der Waals surface area contributed by atoms with Crippen LogP contribution in [0.3, 0.4) is 0 Å². The lowest BCUT2D eigenvalue weighted by molar-refractivity contribution is -0.248. The summed E-state index contributed by atoms with van der Waals surface area (Å²) in [7, 11) is -4.45. The van der Waals surface area contributed by atoms with Crippen LogP contribution in [-0.4, -0.2) is 161 Å². The zero-order valence-electron chi connectivity index (χ0n) is 59.3. The molecule has 0 spiro atoms. The molecule has 6 aliphatic rings. The van der Waals surface area contributed by atoms with Gasteiger partial charge in [0.05, 0.1) is 34.8 Å². The molecule has 2 aliphatic heterocycles. The second-order valence-electron chi connectivity index (χ2n) is 29.7. The Hall–Kier alpha value is -9.41. The monoisotopic (exact) mass is 1470 g/mol. The lowest BCUT2D eigenvalue weighted by atomic mass is 9.39. The minimum Gasteiger partial charge on any atom is -0.476 e. The van der Waals surface area contributed by atoms with Gasteiger partial charge in [-0.2, -0.15) is 5.10 Å². The van der Waals surface area contributed by atoms with E-state index in [1.54, 1.807) is 56.4 Å². The molecule has 0 saturated heterocycles. The van der Waals surface area contributed by atoms with Gasteiger partial charge in [0.15, 0.2) is 10.8 Å². The number of imide groups is 1. The molecular formula is C74H92N13O15PS. The number of nitrogens with zero attached hydrogens (tertiary/aromatic N) is 8. The molecule has 4 bridgehead atoms. The number of benzene rings is 3. The van der Waals surface area contributed by atoms with Crippen molar-refractivity contribution in [2.75, 3.05) is 60.6 Å². The maximum Gasteiger partial charge on any atom is 0.410 e. The summed E-state index contributed by atoms with van der Waals surface area (Å²) in [5, 5.41) is 24.5. The zero-order chi connectivity index (χ0) is 74.5. The van der Waals surface area contributed by atoms with E-state index in [4.69, 9.17) is 31.0 Å². The molecule has 5 heterocycles. The normalized spacial score (nSPS) is 20.9. The van der Waals surface area contributed by atoms with Crippen molar-refractivity contribution in [3.63, 3.8) is 0 Å². The molecule has 0 radical (unpaired) electrons. The number of aromatic nitrogens is 4. The van der Waals surface area contributed by atoms with E-state index < -0.39 is 85.0 Å². The third kappa shape index (κ3) is 17.9. The molecule has 12 rings (SSSR count). The molecule has 30 heteroatoms. The maximum atomic E-state index is 14.8. The Morgan fingerprint density at radius 3 is 2.23 bits per heavy atom. The lowest BCUT2D eigenvalue weighted by Crippen LogP contribution is -2.64. The Morgan fingerprint density at radius 1 is 0.817 bits per heavy atom. The average Bonchev–Trinajstić information content (AvgIpc) is 0.735. The number of fused-ring (bicyclic) bond motifs is 2. The summed E-state index contributed by atoms with van der Waals surface area (Å²) in [5.74, 6) is -4.21. The van der Waals surface area contributed by atoms with Gasteiger partial charge in [0.1, 0.15) is 24.5 Å². The number of ether oxygens (including phenoxy) is 2. The first-order valence-corrected chi connectivity index (χ1v) is 38.0. The van der Waals surface area contributed by atoms with E-state index in [2.05, 4.69) is 34.8 Å². The Morgan fingerprint density at radius 2 is 1.55 bits per heavy atom. The number of hydrogen-bond donors (Lipinski definition) is 8. The number of thiazole rings is 1. The van der Waals surface area contributed by atoms with Crippen LogP contribution in [0.4, 0.5) is 26.2 Å². The highest BCUT2D eigenvalue weighted by Crippen LogP contribution is 2.72. The number of anilines is 3. The van der Waals surface area contributed by atoms with E-state index in [0.29, 0.717) is 84.9 Å². The van der Waals surface area contributed by atoms with Crippen molar-refractivity contribution >= 4 is 99.3 Å². The number of pyridine rings is 1. The van der Waals surface area contributed by atoms with E-state index >= 15 is 0 Å². The van der Waals surface area contributed by atoms with Crippen LogP contribution in [0.25, 0.3) is 21.3 Å². The Bertz CT molecular complexity index is 4290. The third-order valence-electron chi connectivity index (χ3n) is 20.7. The number of amides is 9. The van der Waals surface area contributed by atoms with Gasteiger partial charge in [0.2, 0.25) is 11.8 Å². The molecule has 10 N–H and O–H groups in total. The highest BCUT2D eigenvalue weighted by Gasteiger charge is 2.66. The third-order valence-corrected chi connectivity index (χ3v) is 22.6. The number of para-hydroxylation sites is 1. The summed E-state index contributed by atoms with van der Waals surface area (Å²) in [6.45, 7) is 11.5. The van der Waals surface area contributed by atoms with Crippen molar-refractivity contribution in [2.24, 2.45) is 33.6 Å². The van der Waals surface area contributed by atoms with Gasteiger partial charge in [0, 0.05) is 92.5 Å². The summed E-state index contributed by atoms with van der Waals surface area (Å²) in [5.41, 5.74) is 15.8. The highest BCUT2D eigenvalue weighted by molar-refractivity contribution is 7.51. The first-order chi connectivity index (χ1) is 49.4. The summed E-state index contributed by atoms with van der Waals surface area (Å²) in [6, 6.07) is 20.1. The number of carbonyl (C=O) groups is 9. The summed E-state index contributed by atoms with van der Waals surface area (Å²) >= 11 is 1.40. The number of primary amides is 2.